The van der Waals surface area contributed by atoms with Crippen molar-refractivity contribution in [3.05, 3.63) is 42.0 Å². The number of alkyl halides is 1. The summed E-state index contributed by atoms with van der Waals surface area (Å²) in [4.78, 5) is 4.23. The van der Waals surface area contributed by atoms with Gasteiger partial charge in [-0.25, -0.2) is 9.67 Å². The highest BCUT2D eigenvalue weighted by atomic mass is 35.5. The lowest BCUT2D eigenvalue weighted by Crippen LogP contribution is -2.08. The number of hydrogen-bond acceptors (Lipinski definition) is 3. The monoisotopic (exact) mass is 303 g/mol. The van der Waals surface area contributed by atoms with Gasteiger partial charge in [-0.2, -0.15) is 5.10 Å². The fraction of sp³-hybridized carbons (Fsp3) is 0.375. The molecule has 0 aliphatic carbocycles. The van der Waals surface area contributed by atoms with E-state index in [1.807, 2.05) is 28.9 Å². The maximum absolute atomic E-state index is 5.84. The van der Waals surface area contributed by atoms with Crippen LogP contribution in [0.3, 0.4) is 0 Å². The summed E-state index contributed by atoms with van der Waals surface area (Å²) in [5, 5.41) is 4.18. The Hall–Kier alpha value is -1.99. The van der Waals surface area contributed by atoms with Gasteiger partial charge in [0.2, 0.25) is 0 Å². The predicted molar refractivity (Wildman–Crippen MR) is 83.3 cm³/mol. The molecule has 2 rings (SSSR count). The van der Waals surface area contributed by atoms with E-state index in [2.05, 4.69) is 28.8 Å². The summed E-state index contributed by atoms with van der Waals surface area (Å²) in [6.07, 6.45) is 3.23. The van der Waals surface area contributed by atoms with Gasteiger partial charge in [-0.15, -0.1) is 11.6 Å². The van der Waals surface area contributed by atoms with E-state index in [1.165, 1.54) is 0 Å². The Morgan fingerprint density at radius 1 is 1.33 bits per heavy atom. The molecule has 0 saturated carbocycles. The van der Waals surface area contributed by atoms with Crippen molar-refractivity contribution in [3.8, 4) is 17.6 Å². The van der Waals surface area contributed by atoms with Crippen LogP contribution in [-0.2, 0) is 13.2 Å². The fourth-order valence-electron chi connectivity index (χ4n) is 1.84. The van der Waals surface area contributed by atoms with Gasteiger partial charge in [0.25, 0.3) is 0 Å². The van der Waals surface area contributed by atoms with Crippen LogP contribution in [-0.4, -0.2) is 20.6 Å². The maximum atomic E-state index is 5.84. The molecule has 0 unspecified atom stereocenters. The highest BCUT2D eigenvalue weighted by Gasteiger charge is 2.06. The standard InChI is InChI=1S/C16H18ClN3O/c1-2-11-20-16(18-13-19-20)12-21-15-9-4-3-7-14(15)8-5-6-10-17/h3-4,7,9,13H,2,6,10-12H2,1H3. The molecule has 0 fully saturated rings. The third-order valence-corrected chi connectivity index (χ3v) is 3.01. The van der Waals surface area contributed by atoms with Crippen molar-refractivity contribution in [2.24, 2.45) is 0 Å². The van der Waals surface area contributed by atoms with Gasteiger partial charge in [-0.1, -0.05) is 30.9 Å². The predicted octanol–water partition coefficient (Wildman–Crippen LogP) is 3.25. The van der Waals surface area contributed by atoms with Gasteiger partial charge in [0, 0.05) is 18.8 Å². The minimum Gasteiger partial charge on any atom is -0.484 e. The van der Waals surface area contributed by atoms with Gasteiger partial charge in [0.15, 0.2) is 5.82 Å². The molecule has 2 aromatic rings. The zero-order chi connectivity index (χ0) is 14.9. The Labute approximate surface area is 130 Å². The lowest BCUT2D eigenvalue weighted by atomic mass is 10.2. The minimum atomic E-state index is 0.383. The molecule has 0 bridgehead atoms. The van der Waals surface area contributed by atoms with Crippen LogP contribution in [0, 0.1) is 11.8 Å². The first-order valence-electron chi connectivity index (χ1n) is 6.98. The molecule has 0 N–H and O–H groups in total. The van der Waals surface area contributed by atoms with Crippen molar-refractivity contribution in [2.45, 2.75) is 32.9 Å². The summed E-state index contributed by atoms with van der Waals surface area (Å²) in [5.41, 5.74) is 0.865. The van der Waals surface area contributed by atoms with E-state index in [4.69, 9.17) is 16.3 Å². The molecule has 0 saturated heterocycles. The molecule has 5 heteroatoms. The molecule has 0 radical (unpaired) electrons. The molecule has 1 aromatic carbocycles. The van der Waals surface area contributed by atoms with Gasteiger partial charge in [0.05, 0.1) is 5.56 Å². The van der Waals surface area contributed by atoms with Crippen LogP contribution in [0.1, 0.15) is 31.2 Å². The van der Waals surface area contributed by atoms with E-state index in [0.717, 1.165) is 30.1 Å². The molecular formula is C16H18ClN3O. The maximum Gasteiger partial charge on any atom is 0.164 e. The second-order valence-corrected chi connectivity index (χ2v) is 4.80. The minimum absolute atomic E-state index is 0.383. The Kier molecular flexibility index (Phi) is 6.11. The van der Waals surface area contributed by atoms with Crippen LogP contribution in [0.15, 0.2) is 30.6 Å². The van der Waals surface area contributed by atoms with E-state index in [-0.39, 0.29) is 0 Å². The van der Waals surface area contributed by atoms with E-state index >= 15 is 0 Å². The number of aryl methyl sites for hydroxylation is 1. The molecule has 0 aliphatic rings. The van der Waals surface area contributed by atoms with Crippen LogP contribution < -0.4 is 4.74 Å². The summed E-state index contributed by atoms with van der Waals surface area (Å²) < 4.78 is 7.70. The largest absolute Gasteiger partial charge is 0.484 e. The first kappa shape index (κ1) is 15.4. The van der Waals surface area contributed by atoms with Crippen molar-refractivity contribution in [1.82, 2.24) is 14.8 Å². The van der Waals surface area contributed by atoms with Crippen molar-refractivity contribution < 1.29 is 4.74 Å². The fourth-order valence-corrected chi connectivity index (χ4v) is 1.94. The molecule has 4 nitrogen and oxygen atoms in total. The molecule has 0 spiro atoms. The van der Waals surface area contributed by atoms with E-state index in [1.54, 1.807) is 6.33 Å². The molecule has 1 heterocycles. The quantitative estimate of drug-likeness (QED) is 0.607. The van der Waals surface area contributed by atoms with Gasteiger partial charge < -0.3 is 4.74 Å². The van der Waals surface area contributed by atoms with Crippen molar-refractivity contribution in [1.29, 1.82) is 0 Å². The summed E-state index contributed by atoms with van der Waals surface area (Å²) in [6.45, 7) is 3.33. The smallest absolute Gasteiger partial charge is 0.164 e. The van der Waals surface area contributed by atoms with Crippen LogP contribution in [0.25, 0.3) is 0 Å². The number of rotatable bonds is 6. The average Bonchev–Trinajstić information content (AvgIpc) is 2.94. The molecule has 1 aromatic heterocycles. The Bertz CT molecular complexity index is 628. The number of nitrogens with zero attached hydrogens (tertiary/aromatic N) is 3. The van der Waals surface area contributed by atoms with E-state index < -0.39 is 0 Å². The van der Waals surface area contributed by atoms with Gasteiger partial charge >= 0.3 is 0 Å². The van der Waals surface area contributed by atoms with Crippen LogP contribution in [0.5, 0.6) is 5.75 Å². The third-order valence-electron chi connectivity index (χ3n) is 2.82. The second kappa shape index (κ2) is 8.33. The van der Waals surface area contributed by atoms with Crippen LogP contribution in [0.2, 0.25) is 0 Å². The number of benzene rings is 1. The lowest BCUT2D eigenvalue weighted by molar-refractivity contribution is 0.285. The summed E-state index contributed by atoms with van der Waals surface area (Å²) in [7, 11) is 0. The third kappa shape index (κ3) is 4.51. The average molecular weight is 304 g/mol. The first-order valence-corrected chi connectivity index (χ1v) is 7.52. The molecule has 0 aliphatic heterocycles. The first-order chi connectivity index (χ1) is 10.3. The van der Waals surface area contributed by atoms with Gasteiger partial charge in [0.1, 0.15) is 18.7 Å². The van der Waals surface area contributed by atoms with Crippen molar-refractivity contribution in [3.63, 3.8) is 0 Å². The molecule has 110 valence electrons. The summed E-state index contributed by atoms with van der Waals surface area (Å²) >= 11 is 5.63. The summed E-state index contributed by atoms with van der Waals surface area (Å²) in [5.74, 6) is 8.22. The summed E-state index contributed by atoms with van der Waals surface area (Å²) in [6, 6.07) is 7.72. The van der Waals surface area contributed by atoms with Gasteiger partial charge in [-0.3, -0.25) is 0 Å². The lowest BCUT2D eigenvalue weighted by Gasteiger charge is -2.08. The van der Waals surface area contributed by atoms with Crippen LogP contribution in [0.4, 0.5) is 0 Å². The number of ether oxygens (including phenoxy) is 1. The van der Waals surface area contributed by atoms with Crippen LogP contribution >= 0.6 is 11.6 Å². The number of hydrogen-bond donors (Lipinski definition) is 0. The molecule has 21 heavy (non-hydrogen) atoms. The topological polar surface area (TPSA) is 39.9 Å². The Morgan fingerprint density at radius 2 is 2.19 bits per heavy atom. The van der Waals surface area contributed by atoms with E-state index in [0.29, 0.717) is 18.9 Å². The van der Waals surface area contributed by atoms with Gasteiger partial charge in [-0.05, 0) is 18.6 Å². The Morgan fingerprint density at radius 3 is 3.00 bits per heavy atom. The zero-order valence-electron chi connectivity index (χ0n) is 12.1. The van der Waals surface area contributed by atoms with Crippen molar-refractivity contribution >= 4 is 11.6 Å². The normalized spacial score (nSPS) is 10.0. The number of aromatic nitrogens is 3. The molecule has 0 atom stereocenters. The second-order valence-electron chi connectivity index (χ2n) is 4.43. The number of para-hydroxylation sites is 1. The molecule has 0 amide bonds. The van der Waals surface area contributed by atoms with E-state index in [9.17, 15) is 0 Å². The van der Waals surface area contributed by atoms with Crippen molar-refractivity contribution in [2.75, 3.05) is 5.88 Å². The number of halogens is 1. The highest BCUT2D eigenvalue weighted by molar-refractivity contribution is 6.18. The molecular weight excluding hydrogens is 286 g/mol. The highest BCUT2D eigenvalue weighted by Crippen LogP contribution is 2.18. The zero-order valence-corrected chi connectivity index (χ0v) is 12.8. The Balaban J connectivity index is 2.06. The SMILES string of the molecule is CCCn1ncnc1COc1ccccc1C#CCCCl.